The van der Waals surface area contributed by atoms with Gasteiger partial charge in [0.1, 0.15) is 5.82 Å². The minimum Gasteiger partial charge on any atom is -0.352 e. The second-order valence-corrected chi connectivity index (χ2v) is 6.23. The van der Waals surface area contributed by atoms with Gasteiger partial charge < -0.3 is 9.88 Å². The van der Waals surface area contributed by atoms with E-state index in [-0.39, 0.29) is 11.9 Å². The van der Waals surface area contributed by atoms with Gasteiger partial charge in [0.15, 0.2) is 0 Å². The highest BCUT2D eigenvalue weighted by molar-refractivity contribution is 5.73. The van der Waals surface area contributed by atoms with Gasteiger partial charge >= 0.3 is 0 Å². The molecule has 2 heterocycles. The van der Waals surface area contributed by atoms with Crippen molar-refractivity contribution in [1.29, 1.82) is 0 Å². The van der Waals surface area contributed by atoms with Gasteiger partial charge in [-0.1, -0.05) is 30.3 Å². The first-order valence-electron chi connectivity index (χ1n) is 8.24. The van der Waals surface area contributed by atoms with Gasteiger partial charge in [-0.25, -0.2) is 4.98 Å². The Bertz CT molecular complexity index is 637. The zero-order valence-electron chi connectivity index (χ0n) is 13.6. The Morgan fingerprint density at radius 3 is 2.91 bits per heavy atom. The highest BCUT2D eigenvalue weighted by atomic mass is 16.1. The number of hydrogen-bond acceptors (Lipinski definition) is 3. The molecule has 0 saturated carbocycles. The van der Waals surface area contributed by atoms with Crippen molar-refractivity contribution in [1.82, 2.24) is 19.8 Å². The number of rotatable bonds is 5. The number of nitrogens with one attached hydrogen (secondary N) is 1. The molecule has 1 aromatic heterocycles. The third-order valence-electron chi connectivity index (χ3n) is 4.28. The fourth-order valence-electron chi connectivity index (χ4n) is 3.22. The Labute approximate surface area is 137 Å². The fourth-order valence-corrected chi connectivity index (χ4v) is 3.22. The lowest BCUT2D eigenvalue weighted by Crippen LogP contribution is -2.47. The molecule has 5 nitrogen and oxygen atoms in total. The topological polar surface area (TPSA) is 50.2 Å². The number of nitrogens with zero attached hydrogens (tertiary/aromatic N) is 3. The van der Waals surface area contributed by atoms with Crippen LogP contribution in [0.5, 0.6) is 0 Å². The molecule has 2 aromatic rings. The van der Waals surface area contributed by atoms with Crippen LogP contribution >= 0.6 is 0 Å². The van der Waals surface area contributed by atoms with Crippen molar-refractivity contribution >= 4 is 5.91 Å². The monoisotopic (exact) mass is 312 g/mol. The van der Waals surface area contributed by atoms with Gasteiger partial charge in [0.05, 0.1) is 6.54 Å². The highest BCUT2D eigenvalue weighted by Gasteiger charge is 2.21. The number of hydrogen-bond donors (Lipinski definition) is 1. The van der Waals surface area contributed by atoms with E-state index < -0.39 is 0 Å². The zero-order chi connectivity index (χ0) is 16.1. The average molecular weight is 312 g/mol. The molecule has 1 aliphatic heterocycles. The molecule has 1 atom stereocenters. The molecular formula is C18H24N4O. The molecule has 1 amide bonds. The lowest BCUT2D eigenvalue weighted by Gasteiger charge is -2.32. The maximum absolute atomic E-state index is 11.2. The van der Waals surface area contributed by atoms with E-state index in [4.69, 9.17) is 0 Å². The van der Waals surface area contributed by atoms with Crippen LogP contribution in [0.4, 0.5) is 0 Å². The first-order chi connectivity index (χ1) is 11.2. The summed E-state index contributed by atoms with van der Waals surface area (Å²) >= 11 is 0. The first kappa shape index (κ1) is 15.7. The van der Waals surface area contributed by atoms with Crippen LogP contribution in [-0.4, -0.2) is 39.5 Å². The summed E-state index contributed by atoms with van der Waals surface area (Å²) < 4.78 is 2.21. The summed E-state index contributed by atoms with van der Waals surface area (Å²) in [5.41, 5.74) is 1.28. The number of aromatic nitrogens is 2. The number of piperidine rings is 1. The average Bonchev–Trinajstić information content (AvgIpc) is 2.95. The van der Waals surface area contributed by atoms with Crippen molar-refractivity contribution in [2.45, 2.75) is 38.9 Å². The summed E-state index contributed by atoms with van der Waals surface area (Å²) in [5, 5.41) is 3.04. The number of carbonyl (C=O) groups is 1. The van der Waals surface area contributed by atoms with Gasteiger partial charge in [-0.15, -0.1) is 0 Å². The molecular weight excluding hydrogens is 288 g/mol. The molecule has 1 aromatic carbocycles. The van der Waals surface area contributed by atoms with E-state index in [1.165, 1.54) is 5.56 Å². The van der Waals surface area contributed by atoms with Crippen molar-refractivity contribution in [2.24, 2.45) is 0 Å². The van der Waals surface area contributed by atoms with Crippen LogP contribution in [-0.2, 0) is 17.9 Å². The normalized spacial score (nSPS) is 18.7. The van der Waals surface area contributed by atoms with Gasteiger partial charge in [-0.05, 0) is 24.9 Å². The number of benzene rings is 1. The number of amides is 1. The summed E-state index contributed by atoms with van der Waals surface area (Å²) in [7, 11) is 0. The molecule has 1 N–H and O–H groups in total. The summed E-state index contributed by atoms with van der Waals surface area (Å²) in [6, 6.07) is 10.7. The second kappa shape index (κ2) is 7.42. The maximum atomic E-state index is 11.2. The molecule has 0 radical (unpaired) electrons. The van der Waals surface area contributed by atoms with Crippen molar-refractivity contribution in [3.05, 3.63) is 54.1 Å². The third-order valence-corrected chi connectivity index (χ3v) is 4.28. The van der Waals surface area contributed by atoms with Crippen LogP contribution in [0.1, 0.15) is 31.2 Å². The van der Waals surface area contributed by atoms with E-state index in [9.17, 15) is 4.79 Å². The van der Waals surface area contributed by atoms with Crippen LogP contribution in [0.3, 0.4) is 0 Å². The van der Waals surface area contributed by atoms with Gasteiger partial charge in [-0.3, -0.25) is 9.69 Å². The summed E-state index contributed by atoms with van der Waals surface area (Å²) in [6.07, 6.45) is 6.09. The van der Waals surface area contributed by atoms with Crippen LogP contribution in [0.25, 0.3) is 0 Å². The molecule has 5 heteroatoms. The van der Waals surface area contributed by atoms with Gasteiger partial charge in [0, 0.05) is 38.4 Å². The van der Waals surface area contributed by atoms with Gasteiger partial charge in [-0.2, -0.15) is 0 Å². The van der Waals surface area contributed by atoms with Crippen molar-refractivity contribution in [3.63, 3.8) is 0 Å². The summed E-state index contributed by atoms with van der Waals surface area (Å²) in [5.74, 6) is 1.14. The molecule has 3 rings (SSSR count). The zero-order valence-corrected chi connectivity index (χ0v) is 13.6. The molecule has 122 valence electrons. The predicted octanol–water partition coefficient (Wildman–Crippen LogP) is 2.03. The Balaban J connectivity index is 1.62. The van der Waals surface area contributed by atoms with E-state index in [2.05, 4.69) is 44.0 Å². The summed E-state index contributed by atoms with van der Waals surface area (Å²) in [4.78, 5) is 18.2. The van der Waals surface area contributed by atoms with Crippen LogP contribution in [0.2, 0.25) is 0 Å². The Kier molecular flexibility index (Phi) is 5.08. The molecule has 0 bridgehead atoms. The van der Waals surface area contributed by atoms with Crippen molar-refractivity contribution < 1.29 is 4.79 Å². The quantitative estimate of drug-likeness (QED) is 0.919. The van der Waals surface area contributed by atoms with E-state index >= 15 is 0 Å². The molecule has 0 spiro atoms. The molecule has 1 saturated heterocycles. The first-order valence-corrected chi connectivity index (χ1v) is 8.24. The second-order valence-electron chi connectivity index (χ2n) is 6.23. The smallest absolute Gasteiger partial charge is 0.217 e. The fraction of sp³-hybridized carbons (Fsp3) is 0.444. The lowest BCUT2D eigenvalue weighted by molar-refractivity contribution is -0.120. The van der Waals surface area contributed by atoms with E-state index in [0.717, 1.165) is 44.8 Å². The minimum atomic E-state index is 0.0578. The maximum Gasteiger partial charge on any atom is 0.217 e. The Hall–Kier alpha value is -2.14. The van der Waals surface area contributed by atoms with E-state index in [0.29, 0.717) is 0 Å². The van der Waals surface area contributed by atoms with Crippen LogP contribution in [0.15, 0.2) is 42.7 Å². The Morgan fingerprint density at radius 1 is 1.30 bits per heavy atom. The van der Waals surface area contributed by atoms with Crippen LogP contribution in [0, 0.1) is 0 Å². The molecule has 1 aliphatic rings. The molecule has 1 fully saturated rings. The lowest BCUT2D eigenvalue weighted by atomic mass is 10.1. The van der Waals surface area contributed by atoms with E-state index in [1.54, 1.807) is 6.92 Å². The Morgan fingerprint density at radius 2 is 2.13 bits per heavy atom. The van der Waals surface area contributed by atoms with E-state index in [1.807, 2.05) is 18.5 Å². The molecule has 0 aliphatic carbocycles. The van der Waals surface area contributed by atoms with Crippen LogP contribution < -0.4 is 5.32 Å². The third kappa shape index (κ3) is 4.42. The van der Waals surface area contributed by atoms with Gasteiger partial charge in [0.25, 0.3) is 0 Å². The van der Waals surface area contributed by atoms with Gasteiger partial charge in [0.2, 0.25) is 5.91 Å². The highest BCUT2D eigenvalue weighted by Crippen LogP contribution is 2.14. The molecule has 23 heavy (non-hydrogen) atoms. The predicted molar refractivity (Wildman–Crippen MR) is 89.9 cm³/mol. The molecule has 0 unspecified atom stereocenters. The van der Waals surface area contributed by atoms with Crippen molar-refractivity contribution in [3.8, 4) is 0 Å². The number of imidazole rings is 1. The summed E-state index contributed by atoms with van der Waals surface area (Å²) in [6.45, 7) is 5.23. The largest absolute Gasteiger partial charge is 0.352 e. The number of carbonyl (C=O) groups excluding carboxylic acids is 1. The minimum absolute atomic E-state index is 0.0578. The standard InChI is InChI=1S/C18H24N4O/c1-15(23)20-17-8-5-10-21(13-17)14-18-19-9-11-22(18)12-16-6-3-2-4-7-16/h2-4,6-7,9,11,17H,5,8,10,12-14H2,1H3,(H,20,23)/t17-/m1/s1. The van der Waals surface area contributed by atoms with Crippen molar-refractivity contribution in [2.75, 3.05) is 13.1 Å². The number of likely N-dealkylation sites (tertiary alicyclic amines) is 1. The SMILES string of the molecule is CC(=O)N[C@@H]1CCCN(Cc2nccn2Cc2ccccc2)C1.